The Kier molecular flexibility index (Phi) is 23.2. The van der Waals surface area contributed by atoms with Crippen LogP contribution in [0.15, 0.2) is 126 Å². The molecule has 0 saturated heterocycles. The first-order chi connectivity index (χ1) is 41.7. The summed E-state index contributed by atoms with van der Waals surface area (Å²) in [4.78, 5) is 97.5. The third-order valence-electron chi connectivity index (χ3n) is 16.3. The fourth-order valence-corrected chi connectivity index (χ4v) is 11.2. The van der Waals surface area contributed by atoms with Crippen molar-refractivity contribution in [3.05, 3.63) is 170 Å². The Hall–Kier alpha value is -8.38. The summed E-state index contributed by atoms with van der Waals surface area (Å²) in [6.45, 7) is 22.8. The van der Waals surface area contributed by atoms with Crippen molar-refractivity contribution < 1.29 is 71.9 Å². The van der Waals surface area contributed by atoms with Gasteiger partial charge in [-0.2, -0.15) is 0 Å². The number of rotatable bonds is 14. The van der Waals surface area contributed by atoms with E-state index in [2.05, 4.69) is 27.4 Å². The van der Waals surface area contributed by atoms with E-state index in [4.69, 9.17) is 39.9 Å². The average Bonchev–Trinajstić information content (AvgIpc) is 0.797. The molecule has 17 nitrogen and oxygen atoms in total. The van der Waals surface area contributed by atoms with Crippen molar-refractivity contribution in [2.75, 3.05) is 19.8 Å². The number of Topliss-reactive ketones (excluding diaryl/α,β-unsaturated/α-hetero) is 6. The number of aliphatic hydroxyl groups excluding tert-OH is 1. The van der Waals surface area contributed by atoms with Crippen LogP contribution in [0, 0.1) is 5.92 Å². The molecule has 17 heteroatoms. The lowest BCUT2D eigenvalue weighted by Gasteiger charge is -2.41. The number of ketones is 7. The Morgan fingerprint density at radius 1 is 0.611 bits per heavy atom. The number of ether oxygens (including phenoxy) is 6. The minimum atomic E-state index is -0.861. The molecule has 4 aliphatic carbocycles. The van der Waals surface area contributed by atoms with Gasteiger partial charge in [-0.3, -0.25) is 38.4 Å². The van der Waals surface area contributed by atoms with E-state index in [9.17, 15) is 43.5 Å². The van der Waals surface area contributed by atoms with Crippen molar-refractivity contribution in [2.45, 2.75) is 176 Å². The van der Waals surface area contributed by atoms with E-state index in [-0.39, 0.29) is 56.1 Å². The molecule has 0 bridgehead atoms. The molecule has 4 aromatic carbocycles. The number of hydrogen-bond donors (Lipinski definition) is 3. The largest absolute Gasteiger partial charge is 0.493 e. The van der Waals surface area contributed by atoms with Crippen LogP contribution >= 0.6 is 0 Å². The van der Waals surface area contributed by atoms with E-state index in [0.29, 0.717) is 88.2 Å². The summed E-state index contributed by atoms with van der Waals surface area (Å²) < 4.78 is 34.8. The summed E-state index contributed by atoms with van der Waals surface area (Å²) in [5.74, 6) is -0.707. The van der Waals surface area contributed by atoms with Gasteiger partial charge >= 0.3 is 5.97 Å². The minimum Gasteiger partial charge on any atom is -0.493 e. The average molecular weight is 1230 g/mol. The molecule has 0 aromatic heterocycles. The number of aliphatic hydroxyl groups is 1. The van der Waals surface area contributed by atoms with Crippen LogP contribution in [0.25, 0.3) is 23.0 Å². The third kappa shape index (κ3) is 15.4. The summed E-state index contributed by atoms with van der Waals surface area (Å²) in [5, 5.41) is 10.0. The summed E-state index contributed by atoms with van der Waals surface area (Å²) >= 11 is 0. The summed E-state index contributed by atoms with van der Waals surface area (Å²) in [6.07, 6.45) is 8.09. The highest BCUT2D eigenvalue weighted by Gasteiger charge is 2.48. The second-order valence-electron chi connectivity index (χ2n) is 24.9. The predicted octanol–water partition coefficient (Wildman–Crippen LogP) is 12.5. The number of esters is 1. The van der Waals surface area contributed by atoms with Gasteiger partial charge in [-0.1, -0.05) is 141 Å². The maximum Gasteiger partial charge on any atom is 0.323 e. The molecule has 7 aliphatic rings. The van der Waals surface area contributed by atoms with Crippen molar-refractivity contribution in [3.63, 3.8) is 0 Å². The van der Waals surface area contributed by atoms with Crippen LogP contribution in [0.4, 0.5) is 0 Å². The van der Waals surface area contributed by atoms with Crippen LogP contribution in [0.1, 0.15) is 205 Å². The smallest absolute Gasteiger partial charge is 0.323 e. The standard InChI is InChI=1S/C21H25NO5.C18H21NO3.C17H20O3.C15H14O4.2CH4/c1-11(2)9-15(22)20(25)26-16-10-14-18(24)17(23)12-7-5-6-8-13(12)19(14)27-21(16,3)4;1-11-13-6-7-18(2,3)22-17(13)14-5-4-12(21-9-8-19)10-15(14)16(11)20;1-2-3-4-5-8-11-20-16-12-15(18)17(19)14-10-7-6-9-13(14)16;1-15(2)11(16)7-10-13(18)12(17)8-5-3-4-6-9(8)14(10)19-15;;/h5-8,11,15-16H,9-10,22H2,1-4H3;4-5,10H,1,6-9,19H2,2-3H3;6-7,9-10,12H,2-5,8,11H2,1H3;3-6,11,16H,7H2,1-2H3;2*1H4. The molecule has 0 radical (unpaired) electrons. The quantitative estimate of drug-likeness (QED) is 0.0458. The SMILES string of the molecule is C.C.C=C1C(=O)c2cc(OCCN)ccc2C2=C1CCC(C)(C)O2.CC(C)CC(N)C(=O)OC1CC2=C(OC1(C)C)c1ccccc1C(=O)C2=O.CC1(C)OC2=C(CC1O)C(=O)C(=O)c1ccccc12.CCCCCCCOC1=CC(=O)C(=O)c2ccccc21. The van der Waals surface area contributed by atoms with Crippen molar-refractivity contribution in [2.24, 2.45) is 17.4 Å². The maximum atomic E-state index is 12.6. The van der Waals surface area contributed by atoms with Gasteiger partial charge in [0.1, 0.15) is 64.3 Å². The van der Waals surface area contributed by atoms with Gasteiger partial charge in [0.05, 0.1) is 18.3 Å². The zero-order valence-corrected chi connectivity index (χ0v) is 51.8. The lowest BCUT2D eigenvalue weighted by Crippen LogP contribution is -2.49. The molecule has 0 fully saturated rings. The van der Waals surface area contributed by atoms with Gasteiger partial charge in [-0.05, 0) is 91.3 Å². The third-order valence-corrected chi connectivity index (χ3v) is 16.3. The highest BCUT2D eigenvalue weighted by atomic mass is 16.6. The highest BCUT2D eigenvalue weighted by molar-refractivity contribution is 6.53. The predicted molar refractivity (Wildman–Crippen MR) is 346 cm³/mol. The van der Waals surface area contributed by atoms with Gasteiger partial charge in [0.25, 0.3) is 0 Å². The van der Waals surface area contributed by atoms with E-state index in [1.807, 2.05) is 38.1 Å². The Morgan fingerprint density at radius 2 is 1.12 bits per heavy atom. The van der Waals surface area contributed by atoms with Crippen molar-refractivity contribution in [3.8, 4) is 5.75 Å². The normalized spacial score (nSPS) is 19.7. The number of allylic oxidation sites excluding steroid dienone is 3. The maximum absolute atomic E-state index is 12.6. The van der Waals surface area contributed by atoms with E-state index in [1.165, 1.54) is 25.3 Å². The molecular weight excluding hydrogens is 1140 g/mol. The van der Waals surface area contributed by atoms with Crippen LogP contribution in [0.2, 0.25) is 0 Å². The number of nitrogens with two attached hydrogens (primary N) is 2. The Balaban J connectivity index is 0.000000191. The second kappa shape index (κ2) is 29.5. The lowest BCUT2D eigenvalue weighted by atomic mass is 9.80. The van der Waals surface area contributed by atoms with Gasteiger partial charge < -0.3 is 45.0 Å². The van der Waals surface area contributed by atoms with E-state index >= 15 is 0 Å². The fraction of sp³-hybridized carbons (Fsp3) is 0.425. The first kappa shape index (κ1) is 70.7. The molecule has 3 aliphatic heterocycles. The monoisotopic (exact) mass is 1230 g/mol. The van der Waals surface area contributed by atoms with Crippen LogP contribution in [-0.4, -0.2) is 106 Å². The van der Waals surface area contributed by atoms with Gasteiger partial charge in [0.2, 0.25) is 34.7 Å². The molecule has 480 valence electrons. The van der Waals surface area contributed by atoms with Gasteiger partial charge in [-0.25, -0.2) is 0 Å². The molecule has 90 heavy (non-hydrogen) atoms. The molecule has 4 aromatic rings. The number of fused-ring (bicyclic) bond motifs is 7. The number of unbranched alkanes of at least 4 members (excludes halogenated alkanes) is 4. The molecular formula is C73H88N2O15. The van der Waals surface area contributed by atoms with E-state index < -0.39 is 70.1 Å². The molecule has 11 rings (SSSR count). The molecule has 3 unspecified atom stereocenters. The molecule has 0 saturated carbocycles. The molecule has 0 amide bonds. The number of carbonyl (C=O) groups is 8. The first-order valence-corrected chi connectivity index (χ1v) is 30.2. The Labute approximate surface area is 528 Å². The van der Waals surface area contributed by atoms with E-state index in [0.717, 1.165) is 48.1 Å². The topological polar surface area (TPSA) is 264 Å². The molecule has 3 atom stereocenters. The first-order valence-electron chi connectivity index (χ1n) is 30.2. The minimum absolute atomic E-state index is 0. The lowest BCUT2D eigenvalue weighted by molar-refractivity contribution is -0.165. The van der Waals surface area contributed by atoms with Gasteiger partial charge in [0, 0.05) is 86.7 Å². The summed E-state index contributed by atoms with van der Waals surface area (Å²) in [6, 6.07) is 25.7. The second-order valence-corrected chi connectivity index (χ2v) is 24.9. The Bertz CT molecular complexity index is 3610. The highest BCUT2D eigenvalue weighted by Crippen LogP contribution is 2.46. The summed E-state index contributed by atoms with van der Waals surface area (Å²) in [5.41, 5.74) is 16.1. The van der Waals surface area contributed by atoms with E-state index in [1.54, 1.807) is 94.4 Å². The van der Waals surface area contributed by atoms with Gasteiger partial charge in [-0.15, -0.1) is 0 Å². The molecule has 5 N–H and O–H groups in total. The number of benzene rings is 4. The number of hydrogen-bond acceptors (Lipinski definition) is 17. The van der Waals surface area contributed by atoms with Crippen LogP contribution in [-0.2, 0) is 42.9 Å². The zero-order valence-electron chi connectivity index (χ0n) is 51.8. The molecule has 3 heterocycles. The molecule has 0 spiro atoms. The van der Waals surface area contributed by atoms with Crippen LogP contribution in [0.3, 0.4) is 0 Å². The van der Waals surface area contributed by atoms with Crippen LogP contribution in [0.5, 0.6) is 5.75 Å². The Morgan fingerprint density at radius 3 is 1.69 bits per heavy atom. The fourth-order valence-electron chi connectivity index (χ4n) is 11.2. The van der Waals surface area contributed by atoms with Crippen molar-refractivity contribution in [1.82, 2.24) is 0 Å². The zero-order chi connectivity index (χ0) is 64.0. The van der Waals surface area contributed by atoms with Crippen molar-refractivity contribution in [1.29, 1.82) is 0 Å². The van der Waals surface area contributed by atoms with Crippen LogP contribution < -0.4 is 16.2 Å². The van der Waals surface area contributed by atoms with Crippen molar-refractivity contribution >= 4 is 69.5 Å². The number of carbonyl (C=O) groups excluding carboxylic acids is 8. The van der Waals surface area contributed by atoms with Gasteiger partial charge in [0.15, 0.2) is 5.78 Å². The summed E-state index contributed by atoms with van der Waals surface area (Å²) in [7, 11) is 0.